The van der Waals surface area contributed by atoms with Crippen molar-refractivity contribution in [3.63, 3.8) is 0 Å². The Balaban J connectivity index is 2.11. The number of carbonyl (C=O) groups is 1. The van der Waals surface area contributed by atoms with E-state index in [0.29, 0.717) is 24.3 Å². The highest BCUT2D eigenvalue weighted by molar-refractivity contribution is 5.85. The van der Waals surface area contributed by atoms with Crippen molar-refractivity contribution in [3.05, 3.63) is 0 Å². The highest BCUT2D eigenvalue weighted by Gasteiger charge is 2.45. The fourth-order valence-corrected chi connectivity index (χ4v) is 3.67. The molecule has 116 valence electrons. The molecule has 4 nitrogen and oxygen atoms in total. The van der Waals surface area contributed by atoms with Crippen LogP contribution in [0.15, 0.2) is 0 Å². The number of ether oxygens (including phenoxy) is 1. The Hall–Kier alpha value is -0.610. The van der Waals surface area contributed by atoms with E-state index in [2.05, 4.69) is 31.0 Å². The minimum absolute atomic E-state index is 0.00871. The van der Waals surface area contributed by atoms with Gasteiger partial charge in [-0.15, -0.1) is 0 Å². The number of amides is 1. The van der Waals surface area contributed by atoms with Gasteiger partial charge in [-0.1, -0.05) is 26.7 Å². The molecule has 2 rings (SSSR count). The maximum Gasteiger partial charge on any atom is 0.241 e. The van der Waals surface area contributed by atoms with E-state index >= 15 is 0 Å². The van der Waals surface area contributed by atoms with E-state index in [1.807, 2.05) is 0 Å². The maximum atomic E-state index is 12.7. The third kappa shape index (κ3) is 3.17. The molecule has 20 heavy (non-hydrogen) atoms. The van der Waals surface area contributed by atoms with Crippen LogP contribution in [0.4, 0.5) is 0 Å². The second-order valence-electron chi connectivity index (χ2n) is 6.75. The Morgan fingerprint density at radius 1 is 1.30 bits per heavy atom. The Morgan fingerprint density at radius 2 is 1.95 bits per heavy atom. The molecular weight excluding hydrogens is 252 g/mol. The summed E-state index contributed by atoms with van der Waals surface area (Å²) in [5, 5.41) is 3.63. The van der Waals surface area contributed by atoms with Crippen LogP contribution in [-0.2, 0) is 9.53 Å². The van der Waals surface area contributed by atoms with Crippen LogP contribution < -0.4 is 5.32 Å². The van der Waals surface area contributed by atoms with Gasteiger partial charge in [0.15, 0.2) is 0 Å². The van der Waals surface area contributed by atoms with Gasteiger partial charge in [0.05, 0.1) is 12.2 Å². The number of methoxy groups -OCH3 is 1. The molecule has 1 N–H and O–H groups in total. The molecular formula is C16H30N2O2. The summed E-state index contributed by atoms with van der Waals surface area (Å²) in [5.74, 6) is 1.28. The molecule has 4 heteroatoms. The predicted molar refractivity (Wildman–Crippen MR) is 80.3 cm³/mol. The van der Waals surface area contributed by atoms with Crippen LogP contribution in [0.1, 0.15) is 52.9 Å². The first kappa shape index (κ1) is 15.8. The number of rotatable bonds is 6. The molecule has 1 aliphatic carbocycles. The van der Waals surface area contributed by atoms with E-state index in [1.54, 1.807) is 7.11 Å². The lowest BCUT2D eigenvalue weighted by Crippen LogP contribution is -2.47. The van der Waals surface area contributed by atoms with Crippen molar-refractivity contribution >= 4 is 5.91 Å². The van der Waals surface area contributed by atoms with Crippen LogP contribution in [-0.4, -0.2) is 42.8 Å². The molecule has 0 aromatic carbocycles. The van der Waals surface area contributed by atoms with Crippen LogP contribution in [0.25, 0.3) is 0 Å². The minimum Gasteiger partial charge on any atom is -0.385 e. The summed E-state index contributed by atoms with van der Waals surface area (Å²) < 4.78 is 5.18. The summed E-state index contributed by atoms with van der Waals surface area (Å²) in [6.45, 7) is 7.13. The van der Waals surface area contributed by atoms with Crippen molar-refractivity contribution in [2.45, 2.75) is 71.1 Å². The SMILES string of the molecule is COCCC(C)N1C(=O)C(C(C)C)NC1C1CCCC1. The van der Waals surface area contributed by atoms with Gasteiger partial charge >= 0.3 is 0 Å². The summed E-state index contributed by atoms with van der Waals surface area (Å²) in [6.07, 6.45) is 6.28. The maximum absolute atomic E-state index is 12.7. The molecule has 1 amide bonds. The van der Waals surface area contributed by atoms with Gasteiger partial charge in [-0.05, 0) is 38.0 Å². The molecule has 0 bridgehead atoms. The molecule has 2 aliphatic rings. The summed E-state index contributed by atoms with van der Waals surface area (Å²) in [4.78, 5) is 14.9. The molecule has 0 radical (unpaired) electrons. The second-order valence-corrected chi connectivity index (χ2v) is 6.75. The summed E-state index contributed by atoms with van der Waals surface area (Å²) in [7, 11) is 1.72. The van der Waals surface area contributed by atoms with E-state index in [1.165, 1.54) is 25.7 Å². The Labute approximate surface area is 123 Å². The molecule has 0 aromatic rings. The van der Waals surface area contributed by atoms with Crippen molar-refractivity contribution in [1.82, 2.24) is 10.2 Å². The van der Waals surface area contributed by atoms with E-state index in [0.717, 1.165) is 6.42 Å². The van der Waals surface area contributed by atoms with Gasteiger partial charge in [0.2, 0.25) is 5.91 Å². The average molecular weight is 282 g/mol. The molecule has 0 aromatic heterocycles. The van der Waals surface area contributed by atoms with Gasteiger partial charge in [-0.25, -0.2) is 0 Å². The summed E-state index contributed by atoms with van der Waals surface area (Å²) >= 11 is 0. The first-order valence-corrected chi connectivity index (χ1v) is 8.13. The van der Waals surface area contributed by atoms with Crippen LogP contribution in [0.2, 0.25) is 0 Å². The molecule has 0 spiro atoms. The Kier molecular flexibility index (Phi) is 5.44. The Bertz CT molecular complexity index is 326. The molecule has 3 unspecified atom stereocenters. The number of hydrogen-bond donors (Lipinski definition) is 1. The van der Waals surface area contributed by atoms with E-state index in [-0.39, 0.29) is 18.2 Å². The van der Waals surface area contributed by atoms with E-state index < -0.39 is 0 Å². The zero-order valence-corrected chi connectivity index (χ0v) is 13.4. The van der Waals surface area contributed by atoms with Crippen molar-refractivity contribution in [1.29, 1.82) is 0 Å². The topological polar surface area (TPSA) is 41.6 Å². The highest BCUT2D eigenvalue weighted by Crippen LogP contribution is 2.34. The fourth-order valence-electron chi connectivity index (χ4n) is 3.67. The van der Waals surface area contributed by atoms with Crippen LogP contribution in [0.5, 0.6) is 0 Å². The standard InChI is InChI=1S/C16H30N2O2/c1-11(2)14-16(19)18(12(3)9-10-20-4)15(17-14)13-7-5-6-8-13/h11-15,17H,5-10H2,1-4H3. The van der Waals surface area contributed by atoms with Crippen molar-refractivity contribution < 1.29 is 9.53 Å². The number of nitrogens with zero attached hydrogens (tertiary/aromatic N) is 1. The van der Waals surface area contributed by atoms with E-state index in [4.69, 9.17) is 4.74 Å². The van der Waals surface area contributed by atoms with Crippen LogP contribution in [0, 0.1) is 11.8 Å². The third-order valence-electron chi connectivity index (χ3n) is 4.90. The highest BCUT2D eigenvalue weighted by atomic mass is 16.5. The molecule has 1 saturated heterocycles. The van der Waals surface area contributed by atoms with Crippen molar-refractivity contribution in [2.24, 2.45) is 11.8 Å². The fraction of sp³-hybridized carbons (Fsp3) is 0.938. The molecule has 1 heterocycles. The largest absolute Gasteiger partial charge is 0.385 e. The smallest absolute Gasteiger partial charge is 0.241 e. The number of carbonyl (C=O) groups excluding carboxylic acids is 1. The molecule has 2 fully saturated rings. The first-order valence-electron chi connectivity index (χ1n) is 8.13. The van der Waals surface area contributed by atoms with Gasteiger partial charge in [0.1, 0.15) is 0 Å². The quantitative estimate of drug-likeness (QED) is 0.813. The normalized spacial score (nSPS) is 29.6. The lowest BCUT2D eigenvalue weighted by molar-refractivity contribution is -0.133. The van der Waals surface area contributed by atoms with Crippen molar-refractivity contribution in [3.8, 4) is 0 Å². The number of nitrogens with one attached hydrogen (secondary N) is 1. The van der Waals surface area contributed by atoms with Gasteiger partial charge in [0, 0.05) is 19.8 Å². The third-order valence-corrected chi connectivity index (χ3v) is 4.90. The lowest BCUT2D eigenvalue weighted by Gasteiger charge is -2.33. The van der Waals surface area contributed by atoms with Gasteiger partial charge in [-0.2, -0.15) is 0 Å². The molecule has 3 atom stereocenters. The first-order chi connectivity index (χ1) is 9.56. The summed E-state index contributed by atoms with van der Waals surface area (Å²) in [6, 6.07) is 0.245. The minimum atomic E-state index is -0.00871. The zero-order chi connectivity index (χ0) is 14.7. The lowest BCUT2D eigenvalue weighted by atomic mass is 10.0. The zero-order valence-electron chi connectivity index (χ0n) is 13.4. The molecule has 1 aliphatic heterocycles. The summed E-state index contributed by atoms with van der Waals surface area (Å²) in [5.41, 5.74) is 0. The monoisotopic (exact) mass is 282 g/mol. The molecule has 1 saturated carbocycles. The number of hydrogen-bond acceptors (Lipinski definition) is 3. The average Bonchev–Trinajstić information content (AvgIpc) is 3.02. The van der Waals surface area contributed by atoms with E-state index in [9.17, 15) is 4.79 Å². The van der Waals surface area contributed by atoms with Crippen LogP contribution in [0.3, 0.4) is 0 Å². The van der Waals surface area contributed by atoms with Gasteiger partial charge in [-0.3, -0.25) is 10.1 Å². The van der Waals surface area contributed by atoms with Crippen LogP contribution >= 0.6 is 0 Å². The predicted octanol–water partition coefficient (Wildman–Crippen LogP) is 2.38. The van der Waals surface area contributed by atoms with Gasteiger partial charge < -0.3 is 9.64 Å². The van der Waals surface area contributed by atoms with Crippen molar-refractivity contribution in [2.75, 3.05) is 13.7 Å². The Morgan fingerprint density at radius 3 is 2.50 bits per heavy atom. The van der Waals surface area contributed by atoms with Gasteiger partial charge in [0.25, 0.3) is 0 Å². The second kappa shape index (κ2) is 6.90.